The molecule has 0 radical (unpaired) electrons. The zero-order valence-electron chi connectivity index (χ0n) is 10.4. The number of benzene rings is 1. The third kappa shape index (κ3) is 2.26. The highest BCUT2D eigenvalue weighted by atomic mass is 35.5. The SMILES string of the molecule is O=C1CCN(C(=O)C2CCCO2)c2ccc(Cl)cc21. The van der Waals surface area contributed by atoms with Gasteiger partial charge in [-0.25, -0.2) is 0 Å². The summed E-state index contributed by atoms with van der Waals surface area (Å²) in [5, 5.41) is 0.513. The Hall–Kier alpha value is -1.39. The van der Waals surface area contributed by atoms with Crippen LogP contribution in [-0.2, 0) is 9.53 Å². The standard InChI is InChI=1S/C14H14ClNO3/c15-9-3-4-11-10(8-9)12(17)5-6-16(11)14(18)13-2-1-7-19-13/h3-4,8,13H,1-2,5-7H2. The second-order valence-electron chi connectivity index (χ2n) is 4.83. The average Bonchev–Trinajstić information content (AvgIpc) is 2.93. The first-order valence-corrected chi connectivity index (χ1v) is 6.80. The Bertz CT molecular complexity index is 537. The Kier molecular flexibility index (Phi) is 3.29. The molecule has 2 aliphatic heterocycles. The molecule has 4 nitrogen and oxygen atoms in total. The van der Waals surface area contributed by atoms with Crippen LogP contribution in [0.15, 0.2) is 18.2 Å². The molecule has 0 bridgehead atoms. The number of fused-ring (bicyclic) bond motifs is 1. The summed E-state index contributed by atoms with van der Waals surface area (Å²) in [5.41, 5.74) is 1.19. The first-order valence-electron chi connectivity index (χ1n) is 6.42. The molecule has 0 spiro atoms. The number of hydrogen-bond acceptors (Lipinski definition) is 3. The molecule has 1 saturated heterocycles. The second-order valence-corrected chi connectivity index (χ2v) is 5.26. The van der Waals surface area contributed by atoms with Gasteiger partial charge in [-0.2, -0.15) is 0 Å². The number of hydrogen-bond donors (Lipinski definition) is 0. The van der Waals surface area contributed by atoms with Gasteiger partial charge in [-0.3, -0.25) is 9.59 Å². The molecule has 0 aliphatic carbocycles. The van der Waals surface area contributed by atoms with E-state index in [4.69, 9.17) is 16.3 Å². The normalized spacial score (nSPS) is 22.5. The lowest BCUT2D eigenvalue weighted by molar-refractivity contribution is -0.127. The van der Waals surface area contributed by atoms with Gasteiger partial charge >= 0.3 is 0 Å². The van der Waals surface area contributed by atoms with Gasteiger partial charge in [-0.05, 0) is 31.0 Å². The van der Waals surface area contributed by atoms with Gasteiger partial charge in [0.1, 0.15) is 6.10 Å². The van der Waals surface area contributed by atoms with Crippen molar-refractivity contribution in [3.8, 4) is 0 Å². The van der Waals surface area contributed by atoms with Crippen molar-refractivity contribution < 1.29 is 14.3 Å². The fraction of sp³-hybridized carbons (Fsp3) is 0.429. The maximum absolute atomic E-state index is 12.4. The Morgan fingerprint density at radius 1 is 1.42 bits per heavy atom. The van der Waals surface area contributed by atoms with E-state index in [1.54, 1.807) is 23.1 Å². The quantitative estimate of drug-likeness (QED) is 0.793. The van der Waals surface area contributed by atoms with Gasteiger partial charge in [0.05, 0.1) is 5.69 Å². The number of ether oxygens (including phenoxy) is 1. The van der Waals surface area contributed by atoms with Crippen molar-refractivity contribution in [2.24, 2.45) is 0 Å². The van der Waals surface area contributed by atoms with Crippen LogP contribution >= 0.6 is 11.6 Å². The lowest BCUT2D eigenvalue weighted by Crippen LogP contribution is -2.43. The summed E-state index contributed by atoms with van der Waals surface area (Å²) in [7, 11) is 0. The predicted octanol–water partition coefficient (Wildman–Crippen LogP) is 2.44. The van der Waals surface area contributed by atoms with Crippen molar-refractivity contribution >= 4 is 29.0 Å². The number of halogens is 1. The molecule has 1 unspecified atom stereocenters. The van der Waals surface area contributed by atoms with Crippen molar-refractivity contribution in [2.45, 2.75) is 25.4 Å². The molecule has 0 aromatic heterocycles. The molecule has 100 valence electrons. The van der Waals surface area contributed by atoms with E-state index in [0.717, 1.165) is 12.8 Å². The van der Waals surface area contributed by atoms with Crippen LogP contribution in [0.2, 0.25) is 5.02 Å². The summed E-state index contributed by atoms with van der Waals surface area (Å²) >= 11 is 5.92. The van der Waals surface area contributed by atoms with Gasteiger partial charge < -0.3 is 9.64 Å². The predicted molar refractivity (Wildman–Crippen MR) is 71.7 cm³/mol. The molecular formula is C14H14ClNO3. The van der Waals surface area contributed by atoms with Crippen LogP contribution in [-0.4, -0.2) is 30.9 Å². The highest BCUT2D eigenvalue weighted by Crippen LogP contribution is 2.31. The Morgan fingerprint density at radius 3 is 3.00 bits per heavy atom. The third-order valence-electron chi connectivity index (χ3n) is 3.58. The van der Waals surface area contributed by atoms with Gasteiger partial charge in [-0.15, -0.1) is 0 Å². The first kappa shape index (κ1) is 12.6. The monoisotopic (exact) mass is 279 g/mol. The number of amides is 1. The number of Topliss-reactive ketones (excluding diaryl/α,β-unsaturated/α-hetero) is 1. The zero-order valence-corrected chi connectivity index (χ0v) is 11.2. The third-order valence-corrected chi connectivity index (χ3v) is 3.82. The van der Waals surface area contributed by atoms with Crippen molar-refractivity contribution in [3.05, 3.63) is 28.8 Å². The smallest absolute Gasteiger partial charge is 0.256 e. The maximum Gasteiger partial charge on any atom is 0.256 e. The summed E-state index contributed by atoms with van der Waals surface area (Å²) in [4.78, 5) is 26.0. The molecule has 2 heterocycles. The van der Waals surface area contributed by atoms with E-state index >= 15 is 0 Å². The van der Waals surface area contributed by atoms with Crippen molar-refractivity contribution in [2.75, 3.05) is 18.1 Å². The summed E-state index contributed by atoms with van der Waals surface area (Å²) in [5.74, 6) is -0.0116. The molecule has 1 amide bonds. The van der Waals surface area contributed by atoms with E-state index in [0.29, 0.717) is 35.8 Å². The van der Waals surface area contributed by atoms with Crippen LogP contribution in [0.1, 0.15) is 29.6 Å². The van der Waals surface area contributed by atoms with E-state index in [9.17, 15) is 9.59 Å². The minimum atomic E-state index is -0.364. The van der Waals surface area contributed by atoms with Crippen LogP contribution in [0.3, 0.4) is 0 Å². The lowest BCUT2D eigenvalue weighted by atomic mass is 9.99. The molecule has 0 saturated carbocycles. The number of anilines is 1. The summed E-state index contributed by atoms with van der Waals surface area (Å²) in [6, 6.07) is 5.07. The van der Waals surface area contributed by atoms with Crippen LogP contribution in [0.25, 0.3) is 0 Å². The van der Waals surface area contributed by atoms with Crippen molar-refractivity contribution in [3.63, 3.8) is 0 Å². The number of carbonyl (C=O) groups excluding carboxylic acids is 2. The van der Waals surface area contributed by atoms with E-state index < -0.39 is 0 Å². The number of carbonyl (C=O) groups is 2. The molecule has 3 rings (SSSR count). The van der Waals surface area contributed by atoms with Crippen molar-refractivity contribution in [1.82, 2.24) is 0 Å². The van der Waals surface area contributed by atoms with Gasteiger partial charge in [0, 0.05) is 30.2 Å². The van der Waals surface area contributed by atoms with Crippen LogP contribution in [0, 0.1) is 0 Å². The zero-order chi connectivity index (χ0) is 13.4. The van der Waals surface area contributed by atoms with E-state index in [1.165, 1.54) is 0 Å². The van der Waals surface area contributed by atoms with Crippen LogP contribution < -0.4 is 4.90 Å². The minimum absolute atomic E-state index is 0.0360. The fourth-order valence-electron chi connectivity index (χ4n) is 2.61. The molecule has 2 aliphatic rings. The van der Waals surface area contributed by atoms with Gasteiger partial charge in [0.15, 0.2) is 5.78 Å². The largest absolute Gasteiger partial charge is 0.368 e. The van der Waals surface area contributed by atoms with Crippen LogP contribution in [0.5, 0.6) is 0 Å². The highest BCUT2D eigenvalue weighted by molar-refractivity contribution is 6.31. The minimum Gasteiger partial charge on any atom is -0.368 e. The molecule has 1 atom stereocenters. The van der Waals surface area contributed by atoms with E-state index in [-0.39, 0.29) is 17.8 Å². The Labute approximate surface area is 116 Å². The van der Waals surface area contributed by atoms with E-state index in [2.05, 4.69) is 0 Å². The summed E-state index contributed by atoms with van der Waals surface area (Å²) < 4.78 is 5.43. The first-order chi connectivity index (χ1) is 9.16. The fourth-order valence-corrected chi connectivity index (χ4v) is 2.78. The van der Waals surface area contributed by atoms with Gasteiger partial charge in [0.25, 0.3) is 5.91 Å². The maximum atomic E-state index is 12.4. The Balaban J connectivity index is 1.94. The van der Waals surface area contributed by atoms with Crippen LogP contribution in [0.4, 0.5) is 5.69 Å². The van der Waals surface area contributed by atoms with E-state index in [1.807, 2.05) is 0 Å². The van der Waals surface area contributed by atoms with Gasteiger partial charge in [-0.1, -0.05) is 11.6 Å². The topological polar surface area (TPSA) is 46.6 Å². The summed E-state index contributed by atoms with van der Waals surface area (Å²) in [6.07, 6.45) is 1.64. The summed E-state index contributed by atoms with van der Waals surface area (Å²) in [6.45, 7) is 1.06. The molecule has 19 heavy (non-hydrogen) atoms. The average molecular weight is 280 g/mol. The molecule has 1 aromatic carbocycles. The number of ketones is 1. The lowest BCUT2D eigenvalue weighted by Gasteiger charge is -2.30. The number of rotatable bonds is 1. The Morgan fingerprint density at radius 2 is 2.26 bits per heavy atom. The molecule has 5 heteroatoms. The van der Waals surface area contributed by atoms with Gasteiger partial charge in [0.2, 0.25) is 0 Å². The number of nitrogens with zero attached hydrogens (tertiary/aromatic N) is 1. The molecular weight excluding hydrogens is 266 g/mol. The molecule has 1 aromatic rings. The molecule has 1 fully saturated rings. The highest BCUT2D eigenvalue weighted by Gasteiger charge is 2.33. The molecule has 0 N–H and O–H groups in total. The second kappa shape index (κ2) is 4.94. The van der Waals surface area contributed by atoms with Crippen molar-refractivity contribution in [1.29, 1.82) is 0 Å².